The van der Waals surface area contributed by atoms with Crippen LogP contribution in [-0.4, -0.2) is 62.4 Å². The quantitative estimate of drug-likeness (QED) is 0.146. The van der Waals surface area contributed by atoms with E-state index in [0.29, 0.717) is 25.7 Å². The van der Waals surface area contributed by atoms with E-state index in [2.05, 4.69) is 19.1 Å². The van der Waals surface area contributed by atoms with E-state index in [1.807, 2.05) is 20.8 Å². The number of quaternary nitrogens is 1. The number of carboxylic acid groups (broad SMARTS) is 3. The topological polar surface area (TPSA) is 112 Å². The lowest BCUT2D eigenvalue weighted by Gasteiger charge is -2.50. The number of rotatable bonds is 19. The molecule has 0 aromatic heterocycles. The number of aliphatic carboxylic acids is 3. The summed E-state index contributed by atoms with van der Waals surface area (Å²) in [6.45, 7) is 7.89. The standard InChI is InChI=1S/C24H43NO6/c1-5-9-10-11-12-13-14-18-25(19(15-6-2)22(26)27,20(16-7-3)23(28)29)21(17-8-4)24(30)31/h9-10,19-21H,5-8,11-18H2,1-4H3,(H2-,26,27,28,29,30,31)/p+1/b10-9+. The number of unbranched alkanes of at least 4 members (excludes halogenated alkanes) is 3. The first-order valence-electron chi connectivity index (χ1n) is 11.9. The molecule has 0 aliphatic heterocycles. The Morgan fingerprint density at radius 3 is 1.42 bits per heavy atom. The van der Waals surface area contributed by atoms with E-state index in [1.165, 1.54) is 0 Å². The van der Waals surface area contributed by atoms with Gasteiger partial charge in [0.05, 0.1) is 6.54 Å². The van der Waals surface area contributed by atoms with Gasteiger partial charge in [-0.05, 0) is 51.4 Å². The van der Waals surface area contributed by atoms with Gasteiger partial charge >= 0.3 is 17.9 Å². The lowest BCUT2D eigenvalue weighted by atomic mass is 9.91. The molecule has 0 radical (unpaired) electrons. The SMILES string of the molecule is CC/C=C/CCCCC[N+](C(CCC)C(=O)O)(C(CCC)C(=O)O)C(CCC)C(=O)O. The highest BCUT2D eigenvalue weighted by atomic mass is 16.4. The van der Waals surface area contributed by atoms with Gasteiger partial charge in [-0.2, -0.15) is 0 Å². The van der Waals surface area contributed by atoms with Gasteiger partial charge < -0.3 is 15.3 Å². The lowest BCUT2D eigenvalue weighted by molar-refractivity contribution is -0.973. The average Bonchev–Trinajstić information content (AvgIpc) is 2.71. The molecule has 0 amide bonds. The highest BCUT2D eigenvalue weighted by molar-refractivity contribution is 5.78. The van der Waals surface area contributed by atoms with E-state index in [0.717, 1.165) is 25.7 Å². The van der Waals surface area contributed by atoms with Crippen LogP contribution in [0.25, 0.3) is 0 Å². The van der Waals surface area contributed by atoms with Crippen LogP contribution in [0.5, 0.6) is 0 Å². The molecule has 0 fully saturated rings. The first kappa shape index (κ1) is 29.1. The second kappa shape index (κ2) is 15.8. The zero-order valence-electron chi connectivity index (χ0n) is 19.9. The molecule has 0 saturated heterocycles. The molecule has 0 aromatic rings. The smallest absolute Gasteiger partial charge is 0.362 e. The molecule has 3 atom stereocenters. The van der Waals surface area contributed by atoms with Gasteiger partial charge in [0.1, 0.15) is 0 Å². The van der Waals surface area contributed by atoms with Crippen LogP contribution >= 0.6 is 0 Å². The monoisotopic (exact) mass is 442 g/mol. The van der Waals surface area contributed by atoms with Gasteiger partial charge in [0.2, 0.25) is 0 Å². The molecule has 0 bridgehead atoms. The molecule has 0 rings (SSSR count). The van der Waals surface area contributed by atoms with Crippen molar-refractivity contribution >= 4 is 17.9 Å². The van der Waals surface area contributed by atoms with Crippen molar-refractivity contribution in [3.05, 3.63) is 12.2 Å². The highest BCUT2D eigenvalue weighted by Crippen LogP contribution is 2.34. The van der Waals surface area contributed by atoms with Gasteiger partial charge in [-0.25, -0.2) is 14.4 Å². The van der Waals surface area contributed by atoms with Crippen LogP contribution in [0.2, 0.25) is 0 Å². The minimum absolute atomic E-state index is 0.252. The Labute approximate surface area is 187 Å². The molecule has 3 N–H and O–H groups in total. The third-order valence-corrected chi connectivity index (χ3v) is 6.10. The normalized spacial score (nSPS) is 16.5. The Balaban J connectivity index is 6.32. The summed E-state index contributed by atoms with van der Waals surface area (Å²) in [5, 5.41) is 30.4. The second-order valence-electron chi connectivity index (χ2n) is 8.38. The summed E-state index contributed by atoms with van der Waals surface area (Å²) >= 11 is 0. The van der Waals surface area contributed by atoms with Crippen molar-refractivity contribution in [2.24, 2.45) is 0 Å². The van der Waals surface area contributed by atoms with E-state index in [4.69, 9.17) is 0 Å². The largest absolute Gasteiger partial charge is 0.477 e. The Kier molecular flexibility index (Phi) is 14.9. The number of carboxylic acids is 3. The van der Waals surface area contributed by atoms with Gasteiger partial charge in [0, 0.05) is 19.3 Å². The van der Waals surface area contributed by atoms with Gasteiger partial charge in [-0.1, -0.05) is 39.8 Å². The average molecular weight is 443 g/mol. The summed E-state index contributed by atoms with van der Waals surface area (Å²) in [6.07, 6.45) is 10.9. The van der Waals surface area contributed by atoms with Crippen LogP contribution in [-0.2, 0) is 14.4 Å². The number of carbonyl (C=O) groups is 3. The van der Waals surface area contributed by atoms with Crippen molar-refractivity contribution in [2.45, 2.75) is 116 Å². The second-order valence-corrected chi connectivity index (χ2v) is 8.38. The van der Waals surface area contributed by atoms with Crippen molar-refractivity contribution < 1.29 is 34.2 Å². The molecule has 0 saturated carbocycles. The van der Waals surface area contributed by atoms with Crippen molar-refractivity contribution in [1.29, 1.82) is 0 Å². The van der Waals surface area contributed by atoms with Crippen LogP contribution < -0.4 is 0 Å². The Morgan fingerprint density at radius 1 is 0.677 bits per heavy atom. The first-order chi connectivity index (χ1) is 14.7. The number of hydrogen-bond donors (Lipinski definition) is 3. The number of allylic oxidation sites excluding steroid dienone is 2. The summed E-state index contributed by atoms with van der Waals surface area (Å²) in [5.74, 6) is -3.30. The van der Waals surface area contributed by atoms with E-state index < -0.39 is 36.0 Å². The van der Waals surface area contributed by atoms with Crippen molar-refractivity contribution in [2.75, 3.05) is 6.54 Å². The van der Waals surface area contributed by atoms with Crippen molar-refractivity contribution in [1.82, 2.24) is 0 Å². The molecule has 0 aromatic carbocycles. The fraction of sp³-hybridized carbons (Fsp3) is 0.792. The van der Waals surface area contributed by atoms with Crippen LogP contribution in [0, 0.1) is 0 Å². The van der Waals surface area contributed by atoms with E-state index in [-0.39, 0.29) is 30.3 Å². The van der Waals surface area contributed by atoms with Crippen LogP contribution in [0.4, 0.5) is 0 Å². The fourth-order valence-corrected chi connectivity index (χ4v) is 4.76. The Hall–Kier alpha value is -1.89. The van der Waals surface area contributed by atoms with E-state index >= 15 is 0 Å². The molecule has 7 heteroatoms. The first-order valence-corrected chi connectivity index (χ1v) is 11.9. The van der Waals surface area contributed by atoms with Crippen LogP contribution in [0.1, 0.15) is 98.3 Å². The summed E-state index contributed by atoms with van der Waals surface area (Å²) < 4.78 is -0.389. The highest BCUT2D eigenvalue weighted by Gasteiger charge is 2.56. The predicted octanol–water partition coefficient (Wildman–Crippen LogP) is 5.09. The molecule has 0 aliphatic carbocycles. The molecule has 31 heavy (non-hydrogen) atoms. The maximum absolute atomic E-state index is 12.4. The fourth-order valence-electron chi connectivity index (χ4n) is 4.76. The lowest BCUT2D eigenvalue weighted by Crippen LogP contribution is -2.72. The summed E-state index contributed by atoms with van der Waals surface area (Å²) in [6, 6.07) is -3.15. The van der Waals surface area contributed by atoms with Crippen molar-refractivity contribution in [3.8, 4) is 0 Å². The van der Waals surface area contributed by atoms with Gasteiger partial charge in [-0.3, -0.25) is 4.48 Å². The van der Waals surface area contributed by atoms with Gasteiger partial charge in [-0.15, -0.1) is 0 Å². The molecular formula is C24H44NO6+. The molecule has 0 heterocycles. The molecule has 7 nitrogen and oxygen atoms in total. The number of hydrogen-bond acceptors (Lipinski definition) is 3. The number of nitrogens with zero attached hydrogens (tertiary/aromatic N) is 1. The zero-order chi connectivity index (χ0) is 23.9. The summed E-state index contributed by atoms with van der Waals surface area (Å²) in [4.78, 5) is 37.2. The third kappa shape index (κ3) is 8.63. The minimum atomic E-state index is -1.10. The van der Waals surface area contributed by atoms with Crippen LogP contribution in [0.3, 0.4) is 0 Å². The maximum Gasteiger partial charge on any atom is 0.362 e. The zero-order valence-corrected chi connectivity index (χ0v) is 19.9. The molecule has 0 aliphatic rings. The minimum Gasteiger partial charge on any atom is -0.477 e. The van der Waals surface area contributed by atoms with Crippen LogP contribution in [0.15, 0.2) is 12.2 Å². The maximum atomic E-state index is 12.4. The van der Waals surface area contributed by atoms with E-state index in [9.17, 15) is 29.7 Å². The molecule has 0 spiro atoms. The molecule has 180 valence electrons. The third-order valence-electron chi connectivity index (χ3n) is 6.10. The molecular weight excluding hydrogens is 398 g/mol. The van der Waals surface area contributed by atoms with Gasteiger partial charge in [0.25, 0.3) is 0 Å². The summed E-state index contributed by atoms with van der Waals surface area (Å²) in [5.41, 5.74) is 0. The Morgan fingerprint density at radius 2 is 1.10 bits per heavy atom. The van der Waals surface area contributed by atoms with Crippen molar-refractivity contribution in [3.63, 3.8) is 0 Å². The Bertz CT molecular complexity index is 515. The molecule has 3 unspecified atom stereocenters. The predicted molar refractivity (Wildman–Crippen MR) is 122 cm³/mol. The van der Waals surface area contributed by atoms with Gasteiger partial charge in [0.15, 0.2) is 18.1 Å². The van der Waals surface area contributed by atoms with E-state index in [1.54, 1.807) is 0 Å². The summed E-state index contributed by atoms with van der Waals surface area (Å²) in [7, 11) is 0.